The van der Waals surface area contributed by atoms with Crippen molar-refractivity contribution < 1.29 is 14.3 Å². The molecular formula is C16H16N6O3S. The third-order valence-electron chi connectivity index (χ3n) is 3.54. The molecule has 1 aromatic carbocycles. The second kappa shape index (κ2) is 7.74. The Balaban J connectivity index is 1.96. The summed E-state index contributed by atoms with van der Waals surface area (Å²) in [6, 6.07) is 5.30. The number of carbonyl (C=O) groups is 1. The molecule has 134 valence electrons. The number of methoxy groups -OCH3 is 2. The van der Waals surface area contributed by atoms with E-state index in [4.69, 9.17) is 9.47 Å². The van der Waals surface area contributed by atoms with Crippen LogP contribution < -0.4 is 20.2 Å². The van der Waals surface area contributed by atoms with Gasteiger partial charge in [-0.15, -0.1) is 10.2 Å². The average molecular weight is 372 g/mol. The van der Waals surface area contributed by atoms with Gasteiger partial charge in [-0.3, -0.25) is 15.2 Å². The Morgan fingerprint density at radius 3 is 2.88 bits per heavy atom. The van der Waals surface area contributed by atoms with Gasteiger partial charge < -0.3 is 14.8 Å². The van der Waals surface area contributed by atoms with Crippen LogP contribution in [0.2, 0.25) is 0 Å². The van der Waals surface area contributed by atoms with Crippen molar-refractivity contribution in [2.45, 2.75) is 5.66 Å². The maximum absolute atomic E-state index is 12.0. The van der Waals surface area contributed by atoms with Crippen molar-refractivity contribution in [2.24, 2.45) is 10.1 Å². The molecule has 2 aromatic rings. The van der Waals surface area contributed by atoms with E-state index in [1.165, 1.54) is 31.8 Å². The van der Waals surface area contributed by atoms with Gasteiger partial charge in [0.15, 0.2) is 17.8 Å². The lowest BCUT2D eigenvalue weighted by Crippen LogP contribution is -2.47. The molecule has 1 aliphatic rings. The molecule has 1 unspecified atom stereocenters. The van der Waals surface area contributed by atoms with Crippen LogP contribution in [-0.4, -0.2) is 48.3 Å². The van der Waals surface area contributed by atoms with Gasteiger partial charge in [0.1, 0.15) is 11.2 Å². The summed E-state index contributed by atoms with van der Waals surface area (Å²) in [6.45, 7) is 0. The SMILES string of the molecule is COc1cccc(NC2(C=O)N=CC=CC2=NNc2nncs2)c1OC. The molecule has 1 atom stereocenters. The third-order valence-corrected chi connectivity index (χ3v) is 4.14. The van der Waals surface area contributed by atoms with Crippen LogP contribution >= 0.6 is 11.3 Å². The number of aromatic nitrogens is 2. The van der Waals surface area contributed by atoms with Crippen molar-refractivity contribution in [1.29, 1.82) is 0 Å². The fraction of sp³-hybridized carbons (Fsp3) is 0.188. The van der Waals surface area contributed by atoms with E-state index in [9.17, 15) is 4.79 Å². The molecule has 1 aromatic heterocycles. The van der Waals surface area contributed by atoms with E-state index in [0.717, 1.165) is 0 Å². The molecule has 0 spiro atoms. The summed E-state index contributed by atoms with van der Waals surface area (Å²) >= 11 is 1.29. The van der Waals surface area contributed by atoms with Gasteiger partial charge in [0.2, 0.25) is 10.8 Å². The summed E-state index contributed by atoms with van der Waals surface area (Å²) in [4.78, 5) is 16.3. The molecule has 2 heterocycles. The standard InChI is InChI=1S/C16H16N6O3S/c1-24-12-6-3-5-11(14(12)25-2)19-16(9-23)13(7-4-8-17-16)20-22-15-21-18-10-26-15/h3-10,19H,1-2H3,(H,21,22). The van der Waals surface area contributed by atoms with Crippen LogP contribution in [0.25, 0.3) is 0 Å². The molecule has 0 radical (unpaired) electrons. The number of benzene rings is 1. The smallest absolute Gasteiger partial charge is 0.230 e. The summed E-state index contributed by atoms with van der Waals surface area (Å²) in [5.74, 6) is 0.983. The number of aliphatic imine (C=N–C) groups is 1. The van der Waals surface area contributed by atoms with E-state index in [1.807, 2.05) is 0 Å². The zero-order valence-electron chi connectivity index (χ0n) is 14.0. The van der Waals surface area contributed by atoms with Gasteiger partial charge in [-0.1, -0.05) is 17.4 Å². The van der Waals surface area contributed by atoms with Gasteiger partial charge in [-0.05, 0) is 24.3 Å². The molecule has 0 bridgehead atoms. The van der Waals surface area contributed by atoms with Crippen molar-refractivity contribution in [3.05, 3.63) is 35.9 Å². The molecule has 0 aliphatic carbocycles. The Bertz CT molecular complexity index is 865. The molecule has 0 saturated heterocycles. The van der Waals surface area contributed by atoms with E-state index >= 15 is 0 Å². The summed E-state index contributed by atoms with van der Waals surface area (Å²) in [5, 5.41) is 15.4. The summed E-state index contributed by atoms with van der Waals surface area (Å²) in [6.07, 6.45) is 5.56. The zero-order chi connectivity index (χ0) is 18.4. The molecule has 10 heteroatoms. The number of hydrogen-bond acceptors (Lipinski definition) is 10. The van der Waals surface area contributed by atoms with Crippen LogP contribution in [0, 0.1) is 0 Å². The molecule has 3 rings (SSSR count). The van der Waals surface area contributed by atoms with Crippen LogP contribution in [0.3, 0.4) is 0 Å². The Labute approximate surface area is 153 Å². The number of rotatable bonds is 7. The molecule has 0 saturated carbocycles. The first-order valence-corrected chi connectivity index (χ1v) is 8.38. The van der Waals surface area contributed by atoms with Crippen molar-refractivity contribution in [1.82, 2.24) is 10.2 Å². The van der Waals surface area contributed by atoms with Crippen LogP contribution in [0.5, 0.6) is 11.5 Å². The zero-order valence-corrected chi connectivity index (χ0v) is 14.9. The van der Waals surface area contributed by atoms with Crippen molar-refractivity contribution in [2.75, 3.05) is 25.0 Å². The highest BCUT2D eigenvalue weighted by Gasteiger charge is 2.36. The first-order valence-electron chi connectivity index (χ1n) is 7.50. The minimum atomic E-state index is -1.42. The highest BCUT2D eigenvalue weighted by atomic mass is 32.1. The number of hydrogen-bond donors (Lipinski definition) is 2. The van der Waals surface area contributed by atoms with Crippen LogP contribution in [-0.2, 0) is 4.79 Å². The lowest BCUT2D eigenvalue weighted by atomic mass is 10.0. The van der Waals surface area contributed by atoms with Gasteiger partial charge in [0.05, 0.1) is 19.9 Å². The van der Waals surface area contributed by atoms with Gasteiger partial charge in [-0.25, -0.2) is 0 Å². The summed E-state index contributed by atoms with van der Waals surface area (Å²) in [7, 11) is 3.06. The van der Waals surface area contributed by atoms with E-state index in [-0.39, 0.29) is 0 Å². The van der Waals surface area contributed by atoms with Gasteiger partial charge in [-0.2, -0.15) is 5.10 Å². The predicted molar refractivity (Wildman–Crippen MR) is 101 cm³/mol. The quantitative estimate of drug-likeness (QED) is 0.565. The predicted octanol–water partition coefficient (Wildman–Crippen LogP) is 1.97. The largest absolute Gasteiger partial charge is 0.493 e. The molecule has 0 amide bonds. The van der Waals surface area contributed by atoms with E-state index in [1.54, 1.807) is 35.9 Å². The highest BCUT2D eigenvalue weighted by molar-refractivity contribution is 7.13. The molecule has 1 aliphatic heterocycles. The van der Waals surface area contributed by atoms with Crippen molar-refractivity contribution in [3.63, 3.8) is 0 Å². The number of nitrogens with zero attached hydrogens (tertiary/aromatic N) is 4. The van der Waals surface area contributed by atoms with Crippen molar-refractivity contribution in [3.8, 4) is 11.5 Å². The second-order valence-corrected chi connectivity index (χ2v) is 5.87. The average Bonchev–Trinajstić information content (AvgIpc) is 3.20. The highest BCUT2D eigenvalue weighted by Crippen LogP contribution is 2.36. The molecule has 2 N–H and O–H groups in total. The third kappa shape index (κ3) is 3.40. The monoisotopic (exact) mass is 372 g/mol. The number of allylic oxidation sites excluding steroid dienone is 1. The lowest BCUT2D eigenvalue weighted by Gasteiger charge is -2.28. The number of para-hydroxylation sites is 1. The van der Waals surface area contributed by atoms with Crippen LogP contribution in [0.4, 0.5) is 10.8 Å². The molecular weight excluding hydrogens is 356 g/mol. The minimum Gasteiger partial charge on any atom is -0.493 e. The topological polar surface area (TPSA) is 110 Å². The van der Waals surface area contributed by atoms with E-state index in [0.29, 0.717) is 34.3 Å². The van der Waals surface area contributed by atoms with Gasteiger partial charge in [0, 0.05) is 6.21 Å². The molecule has 9 nitrogen and oxygen atoms in total. The van der Waals surface area contributed by atoms with Crippen LogP contribution in [0.1, 0.15) is 0 Å². The summed E-state index contributed by atoms with van der Waals surface area (Å²) < 4.78 is 10.7. The Morgan fingerprint density at radius 2 is 2.19 bits per heavy atom. The van der Waals surface area contributed by atoms with E-state index < -0.39 is 5.66 Å². The normalized spacial score (nSPS) is 20.0. The number of aldehydes is 1. The maximum atomic E-state index is 12.0. The summed E-state index contributed by atoms with van der Waals surface area (Å²) in [5.41, 5.74) is 3.82. The maximum Gasteiger partial charge on any atom is 0.230 e. The second-order valence-electron chi connectivity index (χ2n) is 5.04. The number of ether oxygens (including phenoxy) is 2. The minimum absolute atomic E-state index is 0.357. The van der Waals surface area contributed by atoms with Crippen LogP contribution in [0.15, 0.2) is 46.0 Å². The number of carbonyl (C=O) groups excluding carboxylic acids is 1. The molecule has 26 heavy (non-hydrogen) atoms. The Hall–Kier alpha value is -3.27. The molecule has 0 fully saturated rings. The fourth-order valence-corrected chi connectivity index (χ4v) is 2.73. The van der Waals surface area contributed by atoms with E-state index in [2.05, 4.69) is 31.0 Å². The number of anilines is 2. The Morgan fingerprint density at radius 1 is 1.31 bits per heavy atom. The number of nitrogens with one attached hydrogen (secondary N) is 2. The lowest BCUT2D eigenvalue weighted by molar-refractivity contribution is -0.109. The first-order chi connectivity index (χ1) is 12.7. The van der Waals surface area contributed by atoms with Gasteiger partial charge in [0.25, 0.3) is 0 Å². The van der Waals surface area contributed by atoms with Gasteiger partial charge >= 0.3 is 0 Å². The van der Waals surface area contributed by atoms with Crippen molar-refractivity contribution >= 4 is 40.4 Å². The Kier molecular flexibility index (Phi) is 5.23. The first kappa shape index (κ1) is 17.5. The fourth-order valence-electron chi connectivity index (χ4n) is 2.35. The number of dihydropyridines is 1. The number of hydrazone groups is 1.